The molecule has 0 heterocycles. The molecular formula is C11H18N2. The van der Waals surface area contributed by atoms with Gasteiger partial charge in [-0.1, -0.05) is 19.3 Å². The molecule has 1 N–H and O–H groups in total. The molecule has 2 aliphatic rings. The summed E-state index contributed by atoms with van der Waals surface area (Å²) in [4.78, 5) is 0. The molecule has 2 rings (SSSR count). The van der Waals surface area contributed by atoms with Crippen LogP contribution in [0.4, 0.5) is 0 Å². The highest BCUT2D eigenvalue weighted by Gasteiger charge is 2.36. The maximum atomic E-state index is 8.51. The minimum atomic E-state index is 0.536. The maximum absolute atomic E-state index is 8.51. The first kappa shape index (κ1) is 9.02. The molecule has 0 aromatic carbocycles. The highest BCUT2D eigenvalue weighted by atomic mass is 14.9. The summed E-state index contributed by atoms with van der Waals surface area (Å²) in [5.41, 5.74) is 0. The van der Waals surface area contributed by atoms with Gasteiger partial charge in [-0.05, 0) is 31.1 Å². The molecule has 2 saturated carbocycles. The van der Waals surface area contributed by atoms with E-state index in [-0.39, 0.29) is 0 Å². The fourth-order valence-electron chi connectivity index (χ4n) is 3.16. The molecule has 13 heavy (non-hydrogen) atoms. The Morgan fingerprint density at radius 1 is 1.15 bits per heavy atom. The minimum absolute atomic E-state index is 0.536. The van der Waals surface area contributed by atoms with Gasteiger partial charge >= 0.3 is 0 Å². The Labute approximate surface area is 80.3 Å². The first-order chi connectivity index (χ1) is 6.42. The molecule has 0 bridgehead atoms. The Morgan fingerprint density at radius 3 is 2.85 bits per heavy atom. The van der Waals surface area contributed by atoms with Gasteiger partial charge < -0.3 is 5.32 Å². The van der Waals surface area contributed by atoms with Crippen LogP contribution in [0.15, 0.2) is 0 Å². The zero-order chi connectivity index (χ0) is 9.10. The molecule has 0 spiro atoms. The zero-order valence-corrected chi connectivity index (χ0v) is 8.13. The summed E-state index contributed by atoms with van der Waals surface area (Å²) in [6, 6.07) is 2.84. The summed E-state index contributed by atoms with van der Waals surface area (Å²) in [5.74, 6) is 1.87. The lowest BCUT2D eigenvalue weighted by molar-refractivity contribution is 0.245. The van der Waals surface area contributed by atoms with Crippen molar-refractivity contribution in [1.82, 2.24) is 5.32 Å². The number of fused-ring (bicyclic) bond motifs is 1. The van der Waals surface area contributed by atoms with E-state index in [0.29, 0.717) is 12.6 Å². The topological polar surface area (TPSA) is 35.8 Å². The van der Waals surface area contributed by atoms with Crippen molar-refractivity contribution in [1.29, 1.82) is 5.26 Å². The van der Waals surface area contributed by atoms with Gasteiger partial charge in [-0.3, -0.25) is 0 Å². The number of nitriles is 1. The Balaban J connectivity index is 1.88. The van der Waals surface area contributed by atoms with Crippen LogP contribution in [0.2, 0.25) is 0 Å². The van der Waals surface area contributed by atoms with Gasteiger partial charge in [-0.25, -0.2) is 0 Å². The fraction of sp³-hybridized carbons (Fsp3) is 0.909. The normalized spacial score (nSPS) is 38.2. The summed E-state index contributed by atoms with van der Waals surface area (Å²) in [6.07, 6.45) is 8.38. The molecule has 2 unspecified atom stereocenters. The third-order valence-corrected chi connectivity index (χ3v) is 3.78. The van der Waals surface area contributed by atoms with Gasteiger partial charge in [0.25, 0.3) is 0 Å². The van der Waals surface area contributed by atoms with Crippen molar-refractivity contribution in [2.24, 2.45) is 11.8 Å². The second-order valence-electron chi connectivity index (χ2n) is 4.43. The van der Waals surface area contributed by atoms with Crippen molar-refractivity contribution in [3.63, 3.8) is 0 Å². The first-order valence-electron chi connectivity index (χ1n) is 5.52. The van der Waals surface area contributed by atoms with Crippen LogP contribution in [0.5, 0.6) is 0 Å². The lowest BCUT2D eigenvalue weighted by atomic mass is 9.80. The molecule has 0 aliphatic heterocycles. The SMILES string of the molecule is N#CCN[C@@H]1CCC2CCCCC21. The Hall–Kier alpha value is -0.550. The van der Waals surface area contributed by atoms with E-state index in [4.69, 9.17) is 5.26 Å². The summed E-state index contributed by atoms with van der Waals surface area (Å²) in [5, 5.41) is 11.9. The Kier molecular flexibility index (Phi) is 2.85. The van der Waals surface area contributed by atoms with Crippen molar-refractivity contribution < 1.29 is 0 Å². The van der Waals surface area contributed by atoms with E-state index >= 15 is 0 Å². The Morgan fingerprint density at radius 2 is 2.00 bits per heavy atom. The summed E-state index contributed by atoms with van der Waals surface area (Å²) in [6.45, 7) is 0.536. The van der Waals surface area contributed by atoms with Crippen molar-refractivity contribution >= 4 is 0 Å². The van der Waals surface area contributed by atoms with Gasteiger partial charge in [0.1, 0.15) is 0 Å². The van der Waals surface area contributed by atoms with Gasteiger partial charge in [-0.15, -0.1) is 0 Å². The lowest BCUT2D eigenvalue weighted by Crippen LogP contribution is -2.35. The summed E-state index contributed by atoms with van der Waals surface area (Å²) >= 11 is 0. The second-order valence-corrected chi connectivity index (χ2v) is 4.43. The Bertz CT molecular complexity index is 207. The van der Waals surface area contributed by atoms with Gasteiger partial charge in [-0.2, -0.15) is 5.26 Å². The molecule has 0 radical (unpaired) electrons. The number of hydrogen-bond donors (Lipinski definition) is 1. The van der Waals surface area contributed by atoms with Crippen molar-refractivity contribution in [3.05, 3.63) is 0 Å². The fourth-order valence-corrected chi connectivity index (χ4v) is 3.16. The number of rotatable bonds is 2. The predicted molar refractivity (Wildman–Crippen MR) is 52.1 cm³/mol. The van der Waals surface area contributed by atoms with E-state index < -0.39 is 0 Å². The third-order valence-electron chi connectivity index (χ3n) is 3.78. The molecule has 0 amide bonds. The van der Waals surface area contributed by atoms with E-state index in [0.717, 1.165) is 11.8 Å². The molecule has 3 atom stereocenters. The summed E-state index contributed by atoms with van der Waals surface area (Å²) in [7, 11) is 0. The second kappa shape index (κ2) is 4.11. The van der Waals surface area contributed by atoms with Crippen LogP contribution in [-0.4, -0.2) is 12.6 Å². The molecule has 2 aliphatic carbocycles. The predicted octanol–water partition coefficient (Wildman–Crippen LogP) is 2.07. The van der Waals surface area contributed by atoms with E-state index in [9.17, 15) is 0 Å². The number of hydrogen-bond acceptors (Lipinski definition) is 2. The van der Waals surface area contributed by atoms with E-state index in [1.807, 2.05) is 0 Å². The lowest BCUT2D eigenvalue weighted by Gasteiger charge is -2.29. The van der Waals surface area contributed by atoms with Gasteiger partial charge in [0.15, 0.2) is 0 Å². The van der Waals surface area contributed by atoms with Gasteiger partial charge in [0, 0.05) is 6.04 Å². The van der Waals surface area contributed by atoms with Crippen LogP contribution >= 0.6 is 0 Å². The van der Waals surface area contributed by atoms with Crippen LogP contribution in [0.25, 0.3) is 0 Å². The minimum Gasteiger partial charge on any atom is -0.301 e. The molecule has 2 heteroatoms. The molecule has 72 valence electrons. The van der Waals surface area contributed by atoms with Crippen LogP contribution < -0.4 is 5.32 Å². The van der Waals surface area contributed by atoms with Crippen LogP contribution in [0.1, 0.15) is 38.5 Å². The van der Waals surface area contributed by atoms with Gasteiger partial charge in [0.2, 0.25) is 0 Å². The number of nitrogens with zero attached hydrogens (tertiary/aromatic N) is 1. The van der Waals surface area contributed by atoms with E-state index in [1.165, 1.54) is 38.5 Å². The highest BCUT2D eigenvalue weighted by Crippen LogP contribution is 2.42. The van der Waals surface area contributed by atoms with Crippen LogP contribution in [-0.2, 0) is 0 Å². The average Bonchev–Trinajstić information content (AvgIpc) is 2.58. The quantitative estimate of drug-likeness (QED) is 0.657. The maximum Gasteiger partial charge on any atom is 0.0843 e. The molecular weight excluding hydrogens is 160 g/mol. The molecule has 2 nitrogen and oxygen atoms in total. The average molecular weight is 178 g/mol. The molecule has 2 fully saturated rings. The van der Waals surface area contributed by atoms with Crippen molar-refractivity contribution in [2.45, 2.75) is 44.6 Å². The van der Waals surface area contributed by atoms with Crippen molar-refractivity contribution in [3.8, 4) is 6.07 Å². The highest BCUT2D eigenvalue weighted by molar-refractivity contribution is 4.93. The van der Waals surface area contributed by atoms with E-state index in [2.05, 4.69) is 11.4 Å². The smallest absolute Gasteiger partial charge is 0.0843 e. The van der Waals surface area contributed by atoms with Crippen LogP contribution in [0.3, 0.4) is 0 Å². The molecule has 0 saturated heterocycles. The standard InChI is InChI=1S/C11H18N2/c12-7-8-13-11-6-5-9-3-1-2-4-10(9)11/h9-11,13H,1-6,8H2/t9?,10?,11-/m1/s1. The van der Waals surface area contributed by atoms with E-state index in [1.54, 1.807) is 0 Å². The van der Waals surface area contributed by atoms with Crippen molar-refractivity contribution in [2.75, 3.05) is 6.54 Å². The third kappa shape index (κ3) is 1.86. The number of nitrogens with one attached hydrogen (secondary N) is 1. The van der Waals surface area contributed by atoms with Gasteiger partial charge in [0.05, 0.1) is 12.6 Å². The molecule has 0 aromatic rings. The monoisotopic (exact) mass is 178 g/mol. The molecule has 0 aromatic heterocycles. The van der Waals surface area contributed by atoms with Crippen LogP contribution in [0, 0.1) is 23.2 Å². The summed E-state index contributed by atoms with van der Waals surface area (Å²) < 4.78 is 0. The first-order valence-corrected chi connectivity index (χ1v) is 5.52. The zero-order valence-electron chi connectivity index (χ0n) is 8.13. The largest absolute Gasteiger partial charge is 0.301 e.